The SMILES string of the molecule is CN1N=C(C(=O)NNC(=O)c2cc3c(s2)CCCCCC3)CCC1=O. The van der Waals surface area contributed by atoms with Crippen molar-refractivity contribution in [2.75, 3.05) is 7.05 Å². The molecule has 0 spiro atoms. The molecule has 8 heteroatoms. The van der Waals surface area contributed by atoms with Gasteiger partial charge in [0.15, 0.2) is 0 Å². The number of carbonyl (C=O) groups excluding carboxylic acids is 3. The lowest BCUT2D eigenvalue weighted by Crippen LogP contribution is -2.46. The number of aryl methyl sites for hydroxylation is 2. The van der Waals surface area contributed by atoms with Gasteiger partial charge in [0.1, 0.15) is 5.71 Å². The van der Waals surface area contributed by atoms with Crippen LogP contribution < -0.4 is 10.9 Å². The fraction of sp³-hybridized carbons (Fsp3) is 0.529. The zero-order valence-electron chi connectivity index (χ0n) is 14.3. The minimum absolute atomic E-state index is 0.128. The van der Waals surface area contributed by atoms with Crippen molar-refractivity contribution in [3.8, 4) is 0 Å². The Hall–Kier alpha value is -2.22. The molecular formula is C17H22N4O3S. The smallest absolute Gasteiger partial charge is 0.273 e. The van der Waals surface area contributed by atoms with Crippen molar-refractivity contribution in [3.63, 3.8) is 0 Å². The van der Waals surface area contributed by atoms with Gasteiger partial charge in [0.05, 0.1) is 4.88 Å². The Labute approximate surface area is 150 Å². The molecule has 25 heavy (non-hydrogen) atoms. The molecule has 2 N–H and O–H groups in total. The van der Waals surface area contributed by atoms with Crippen molar-refractivity contribution in [1.82, 2.24) is 15.9 Å². The standard InChI is InChI=1S/C17H22N4O3S/c1-21-15(22)9-8-12(20-21)16(23)18-19-17(24)14-10-11-6-4-2-3-5-7-13(11)25-14/h10H,2-9H2,1H3,(H,18,23)(H,19,24). The second-order valence-corrected chi connectivity index (χ2v) is 7.48. The molecule has 0 fully saturated rings. The van der Waals surface area contributed by atoms with E-state index in [0.29, 0.717) is 4.88 Å². The molecule has 1 aromatic heterocycles. The highest BCUT2D eigenvalue weighted by atomic mass is 32.1. The summed E-state index contributed by atoms with van der Waals surface area (Å²) in [5, 5.41) is 5.08. The van der Waals surface area contributed by atoms with Crippen molar-refractivity contribution in [2.45, 2.75) is 51.4 Å². The van der Waals surface area contributed by atoms with Gasteiger partial charge in [-0.3, -0.25) is 25.2 Å². The Morgan fingerprint density at radius 2 is 1.76 bits per heavy atom. The van der Waals surface area contributed by atoms with Crippen LogP contribution in [0.2, 0.25) is 0 Å². The summed E-state index contributed by atoms with van der Waals surface area (Å²) < 4.78 is 0. The van der Waals surface area contributed by atoms with E-state index in [2.05, 4.69) is 16.0 Å². The molecule has 1 aliphatic carbocycles. The van der Waals surface area contributed by atoms with Gasteiger partial charge in [-0.1, -0.05) is 12.8 Å². The quantitative estimate of drug-likeness (QED) is 0.786. The van der Waals surface area contributed by atoms with E-state index < -0.39 is 5.91 Å². The maximum atomic E-state index is 12.3. The third-order valence-corrected chi connectivity index (χ3v) is 5.72. The summed E-state index contributed by atoms with van der Waals surface area (Å²) >= 11 is 1.51. The van der Waals surface area contributed by atoms with Gasteiger partial charge in [-0.05, 0) is 37.3 Å². The lowest BCUT2D eigenvalue weighted by Gasteiger charge is -2.18. The third kappa shape index (κ3) is 4.25. The monoisotopic (exact) mass is 362 g/mol. The van der Waals surface area contributed by atoms with Crippen molar-refractivity contribution >= 4 is 34.8 Å². The number of thiophene rings is 1. The van der Waals surface area contributed by atoms with E-state index >= 15 is 0 Å². The first-order valence-electron chi connectivity index (χ1n) is 8.61. The number of hydrazine groups is 1. The molecule has 0 bridgehead atoms. The first-order chi connectivity index (χ1) is 12.0. The fourth-order valence-corrected chi connectivity index (χ4v) is 4.19. The maximum absolute atomic E-state index is 12.3. The van der Waals surface area contributed by atoms with Crippen LogP contribution in [-0.4, -0.2) is 35.5 Å². The second kappa shape index (κ2) is 7.77. The van der Waals surface area contributed by atoms with Gasteiger partial charge in [-0.15, -0.1) is 11.3 Å². The number of hydrazone groups is 1. The largest absolute Gasteiger partial charge is 0.285 e. The second-order valence-electron chi connectivity index (χ2n) is 6.35. The van der Waals surface area contributed by atoms with Crippen LogP contribution in [0.3, 0.4) is 0 Å². The summed E-state index contributed by atoms with van der Waals surface area (Å²) in [6, 6.07) is 1.94. The summed E-state index contributed by atoms with van der Waals surface area (Å²) in [6.07, 6.45) is 7.37. The molecular weight excluding hydrogens is 340 g/mol. The van der Waals surface area contributed by atoms with Crippen molar-refractivity contribution in [3.05, 3.63) is 21.4 Å². The summed E-state index contributed by atoms with van der Waals surface area (Å²) in [4.78, 5) is 37.7. The van der Waals surface area contributed by atoms with Crippen LogP contribution in [0.1, 0.15) is 58.6 Å². The summed E-state index contributed by atoms with van der Waals surface area (Å²) in [5.74, 6) is -0.926. The molecule has 134 valence electrons. The fourth-order valence-electron chi connectivity index (χ4n) is 3.04. The molecule has 0 saturated heterocycles. The molecule has 0 aromatic carbocycles. The highest BCUT2D eigenvalue weighted by Gasteiger charge is 2.23. The Balaban J connectivity index is 1.59. The van der Waals surface area contributed by atoms with Crippen molar-refractivity contribution in [1.29, 1.82) is 0 Å². The average molecular weight is 362 g/mol. The van der Waals surface area contributed by atoms with E-state index in [0.717, 1.165) is 30.7 Å². The van der Waals surface area contributed by atoms with E-state index in [-0.39, 0.29) is 30.4 Å². The molecule has 1 aliphatic heterocycles. The first kappa shape index (κ1) is 17.6. The van der Waals surface area contributed by atoms with E-state index in [1.807, 2.05) is 6.07 Å². The number of carbonyl (C=O) groups is 3. The normalized spacial score (nSPS) is 17.9. The Morgan fingerprint density at radius 1 is 1.04 bits per heavy atom. The zero-order valence-corrected chi connectivity index (χ0v) is 15.1. The zero-order chi connectivity index (χ0) is 17.8. The third-order valence-electron chi connectivity index (χ3n) is 4.48. The predicted octanol–water partition coefficient (Wildman–Crippen LogP) is 1.78. The molecule has 0 unspecified atom stereocenters. The Bertz CT molecular complexity index is 700. The summed E-state index contributed by atoms with van der Waals surface area (Å²) in [5.41, 5.74) is 6.34. The Morgan fingerprint density at radius 3 is 2.52 bits per heavy atom. The van der Waals surface area contributed by atoms with E-state index in [9.17, 15) is 14.4 Å². The van der Waals surface area contributed by atoms with Gasteiger partial charge in [0.25, 0.3) is 11.8 Å². The van der Waals surface area contributed by atoms with Crippen LogP contribution in [0.4, 0.5) is 0 Å². The van der Waals surface area contributed by atoms with E-state index in [1.165, 1.54) is 41.7 Å². The van der Waals surface area contributed by atoms with Crippen LogP contribution in [0.5, 0.6) is 0 Å². The van der Waals surface area contributed by atoms with E-state index in [1.54, 1.807) is 0 Å². The number of hydrogen-bond donors (Lipinski definition) is 2. The number of amides is 3. The highest BCUT2D eigenvalue weighted by molar-refractivity contribution is 7.14. The van der Waals surface area contributed by atoms with Gasteiger partial charge in [0.2, 0.25) is 5.91 Å². The molecule has 2 aliphatic rings. The van der Waals surface area contributed by atoms with Gasteiger partial charge >= 0.3 is 0 Å². The molecule has 7 nitrogen and oxygen atoms in total. The van der Waals surface area contributed by atoms with Crippen molar-refractivity contribution < 1.29 is 14.4 Å². The summed E-state index contributed by atoms with van der Waals surface area (Å²) in [7, 11) is 1.51. The van der Waals surface area contributed by atoms with Gasteiger partial charge < -0.3 is 0 Å². The summed E-state index contributed by atoms with van der Waals surface area (Å²) in [6.45, 7) is 0. The number of hydrogen-bond acceptors (Lipinski definition) is 5. The van der Waals surface area contributed by atoms with Gasteiger partial charge in [-0.25, -0.2) is 5.01 Å². The van der Waals surface area contributed by atoms with Crippen LogP contribution in [0.15, 0.2) is 11.2 Å². The van der Waals surface area contributed by atoms with Crippen LogP contribution in [-0.2, 0) is 22.4 Å². The highest BCUT2D eigenvalue weighted by Crippen LogP contribution is 2.28. The number of nitrogens with zero attached hydrogens (tertiary/aromatic N) is 2. The predicted molar refractivity (Wildman–Crippen MR) is 95.2 cm³/mol. The Kier molecular flexibility index (Phi) is 5.47. The number of rotatable bonds is 2. The van der Waals surface area contributed by atoms with Crippen LogP contribution >= 0.6 is 11.3 Å². The van der Waals surface area contributed by atoms with Gasteiger partial charge in [0, 0.05) is 24.8 Å². The number of fused-ring (bicyclic) bond motifs is 1. The van der Waals surface area contributed by atoms with Crippen LogP contribution in [0.25, 0.3) is 0 Å². The average Bonchev–Trinajstić information content (AvgIpc) is 2.97. The molecule has 3 rings (SSSR count). The first-order valence-corrected chi connectivity index (χ1v) is 9.42. The molecule has 1 aromatic rings. The lowest BCUT2D eigenvalue weighted by atomic mass is 10.00. The number of nitrogens with one attached hydrogen (secondary N) is 2. The molecule has 3 amide bonds. The molecule has 0 atom stereocenters. The van der Waals surface area contributed by atoms with E-state index in [4.69, 9.17) is 0 Å². The molecule has 0 radical (unpaired) electrons. The van der Waals surface area contributed by atoms with Gasteiger partial charge in [-0.2, -0.15) is 5.10 Å². The lowest BCUT2D eigenvalue weighted by molar-refractivity contribution is -0.130. The minimum Gasteiger partial charge on any atom is -0.273 e. The molecule has 0 saturated carbocycles. The topological polar surface area (TPSA) is 90.9 Å². The maximum Gasteiger partial charge on any atom is 0.285 e. The van der Waals surface area contributed by atoms with Crippen LogP contribution in [0, 0.1) is 0 Å². The minimum atomic E-state index is -0.484. The molecule has 2 heterocycles. The van der Waals surface area contributed by atoms with Crippen molar-refractivity contribution in [2.24, 2.45) is 5.10 Å².